The number of carboxylic acid groups (broad SMARTS) is 1. The number of carbonyl (C=O) groups is 3. The first-order valence-electron chi connectivity index (χ1n) is 5.67. The van der Waals surface area contributed by atoms with Gasteiger partial charge in [0.25, 0.3) is 0 Å². The van der Waals surface area contributed by atoms with E-state index in [1.165, 1.54) is 18.7 Å². The van der Waals surface area contributed by atoms with Crippen molar-refractivity contribution in [2.75, 3.05) is 18.1 Å². The van der Waals surface area contributed by atoms with Crippen molar-refractivity contribution in [1.29, 1.82) is 0 Å². The molecule has 18 heavy (non-hydrogen) atoms. The Balaban J connectivity index is 3.88. The smallest absolute Gasteiger partial charge is 0.327 e. The molecule has 0 aromatic carbocycles. The Kier molecular flexibility index (Phi) is 8.19. The molecule has 0 radical (unpaired) electrons. The summed E-state index contributed by atoms with van der Waals surface area (Å²) in [5.74, 6) is -0.876. The molecule has 0 aromatic rings. The van der Waals surface area contributed by atoms with Crippen LogP contribution in [0.5, 0.6) is 0 Å². The number of amides is 2. The fourth-order valence-corrected chi connectivity index (χ4v) is 1.93. The van der Waals surface area contributed by atoms with Crippen LogP contribution in [0.2, 0.25) is 0 Å². The van der Waals surface area contributed by atoms with Crippen molar-refractivity contribution in [2.45, 2.75) is 26.8 Å². The highest BCUT2D eigenvalue weighted by Gasteiger charge is 2.18. The van der Waals surface area contributed by atoms with E-state index in [0.29, 0.717) is 12.5 Å². The minimum absolute atomic E-state index is 0.124. The predicted molar refractivity (Wildman–Crippen MR) is 70.4 cm³/mol. The molecule has 1 atom stereocenters. The van der Waals surface area contributed by atoms with Crippen molar-refractivity contribution >= 4 is 29.5 Å². The van der Waals surface area contributed by atoms with E-state index in [4.69, 9.17) is 5.11 Å². The van der Waals surface area contributed by atoms with Crippen LogP contribution in [0, 0.1) is 5.92 Å². The Bertz CT molecular complexity index is 307. The summed E-state index contributed by atoms with van der Waals surface area (Å²) in [5.41, 5.74) is 0. The van der Waals surface area contributed by atoms with Gasteiger partial charge in [0.2, 0.25) is 11.8 Å². The van der Waals surface area contributed by atoms with Gasteiger partial charge in [-0.1, -0.05) is 13.8 Å². The SMILES string of the molecule is CC(=O)NC(CSCC(=O)NCC(C)C)C(=O)O. The predicted octanol–water partition coefficient (Wildman–Crippen LogP) is 0.0811. The van der Waals surface area contributed by atoms with E-state index in [1.807, 2.05) is 13.8 Å². The van der Waals surface area contributed by atoms with Crippen molar-refractivity contribution in [1.82, 2.24) is 10.6 Å². The summed E-state index contributed by atoms with van der Waals surface area (Å²) in [6.45, 7) is 5.85. The number of hydrogen-bond acceptors (Lipinski definition) is 4. The molecule has 0 bridgehead atoms. The largest absolute Gasteiger partial charge is 0.480 e. The van der Waals surface area contributed by atoms with Crippen LogP contribution in [0.1, 0.15) is 20.8 Å². The van der Waals surface area contributed by atoms with Crippen LogP contribution in [0.4, 0.5) is 0 Å². The maximum absolute atomic E-state index is 11.4. The Morgan fingerprint density at radius 2 is 1.89 bits per heavy atom. The summed E-state index contributed by atoms with van der Waals surface area (Å²) in [5, 5.41) is 13.9. The lowest BCUT2D eigenvalue weighted by Crippen LogP contribution is -2.41. The highest BCUT2D eigenvalue weighted by Crippen LogP contribution is 2.03. The standard InChI is InChI=1S/C11H20N2O4S/c1-7(2)4-12-10(15)6-18-5-9(11(16)17)13-8(3)14/h7,9H,4-6H2,1-3H3,(H,12,15)(H,13,14)(H,16,17). The molecule has 0 aromatic heterocycles. The van der Waals surface area contributed by atoms with E-state index in [2.05, 4.69) is 10.6 Å². The van der Waals surface area contributed by atoms with Crippen LogP contribution >= 0.6 is 11.8 Å². The van der Waals surface area contributed by atoms with E-state index in [0.717, 1.165) is 0 Å². The van der Waals surface area contributed by atoms with Crippen LogP contribution < -0.4 is 10.6 Å². The number of carbonyl (C=O) groups excluding carboxylic acids is 2. The van der Waals surface area contributed by atoms with Gasteiger partial charge in [-0.25, -0.2) is 4.79 Å². The van der Waals surface area contributed by atoms with Gasteiger partial charge in [-0.2, -0.15) is 0 Å². The van der Waals surface area contributed by atoms with Crippen molar-refractivity contribution in [3.63, 3.8) is 0 Å². The summed E-state index contributed by atoms with van der Waals surface area (Å²) in [6.07, 6.45) is 0. The average molecular weight is 276 g/mol. The minimum Gasteiger partial charge on any atom is -0.480 e. The molecule has 0 rings (SSSR count). The summed E-state index contributed by atoms with van der Waals surface area (Å²) in [4.78, 5) is 32.9. The second-order valence-electron chi connectivity index (χ2n) is 4.30. The zero-order valence-corrected chi connectivity index (χ0v) is 11.7. The van der Waals surface area contributed by atoms with Gasteiger partial charge in [-0.3, -0.25) is 9.59 Å². The first kappa shape index (κ1) is 16.8. The van der Waals surface area contributed by atoms with E-state index in [-0.39, 0.29) is 17.4 Å². The molecule has 2 amide bonds. The Hall–Kier alpha value is -1.24. The van der Waals surface area contributed by atoms with Crippen molar-refractivity contribution in [2.24, 2.45) is 5.92 Å². The fourth-order valence-electron chi connectivity index (χ4n) is 1.06. The zero-order valence-electron chi connectivity index (χ0n) is 10.9. The molecule has 0 fully saturated rings. The summed E-state index contributed by atoms with van der Waals surface area (Å²) in [7, 11) is 0. The molecule has 0 aliphatic rings. The maximum atomic E-state index is 11.4. The topological polar surface area (TPSA) is 95.5 Å². The summed E-state index contributed by atoms with van der Waals surface area (Å²) < 4.78 is 0. The number of thioether (sulfide) groups is 1. The molecule has 1 unspecified atom stereocenters. The second-order valence-corrected chi connectivity index (χ2v) is 5.33. The third-order valence-electron chi connectivity index (χ3n) is 1.90. The average Bonchev–Trinajstić information content (AvgIpc) is 2.24. The van der Waals surface area contributed by atoms with Crippen LogP contribution in [0.15, 0.2) is 0 Å². The lowest BCUT2D eigenvalue weighted by Gasteiger charge is -2.12. The fraction of sp³-hybridized carbons (Fsp3) is 0.727. The molecule has 104 valence electrons. The second kappa shape index (κ2) is 8.79. The molecule has 6 nitrogen and oxygen atoms in total. The van der Waals surface area contributed by atoms with Crippen molar-refractivity contribution < 1.29 is 19.5 Å². The monoisotopic (exact) mass is 276 g/mol. The molecule has 0 saturated heterocycles. The van der Waals surface area contributed by atoms with Crippen LogP contribution in [-0.2, 0) is 14.4 Å². The minimum atomic E-state index is -1.10. The van der Waals surface area contributed by atoms with Gasteiger partial charge in [-0.15, -0.1) is 11.8 Å². The number of carboxylic acids is 1. The first-order valence-corrected chi connectivity index (χ1v) is 6.82. The van der Waals surface area contributed by atoms with Gasteiger partial charge >= 0.3 is 5.97 Å². The lowest BCUT2D eigenvalue weighted by atomic mass is 10.2. The van der Waals surface area contributed by atoms with Crippen LogP contribution in [0.25, 0.3) is 0 Å². The van der Waals surface area contributed by atoms with E-state index < -0.39 is 17.9 Å². The molecule has 0 heterocycles. The highest BCUT2D eigenvalue weighted by atomic mass is 32.2. The normalized spacial score (nSPS) is 12.0. The first-order chi connectivity index (χ1) is 8.32. The number of hydrogen-bond donors (Lipinski definition) is 3. The van der Waals surface area contributed by atoms with Gasteiger partial charge in [0.05, 0.1) is 5.75 Å². The third kappa shape index (κ3) is 8.86. The zero-order chi connectivity index (χ0) is 14.1. The molecule has 3 N–H and O–H groups in total. The molecular weight excluding hydrogens is 256 g/mol. The Morgan fingerprint density at radius 3 is 2.33 bits per heavy atom. The quantitative estimate of drug-likeness (QED) is 0.583. The van der Waals surface area contributed by atoms with E-state index in [9.17, 15) is 14.4 Å². The number of nitrogens with one attached hydrogen (secondary N) is 2. The lowest BCUT2D eigenvalue weighted by molar-refractivity contribution is -0.140. The molecule has 0 saturated carbocycles. The maximum Gasteiger partial charge on any atom is 0.327 e. The van der Waals surface area contributed by atoms with Crippen LogP contribution in [-0.4, -0.2) is 47.0 Å². The highest BCUT2D eigenvalue weighted by molar-refractivity contribution is 8.00. The van der Waals surface area contributed by atoms with E-state index in [1.54, 1.807) is 0 Å². The molecular formula is C11H20N2O4S. The number of rotatable bonds is 8. The van der Waals surface area contributed by atoms with Gasteiger partial charge in [0.15, 0.2) is 0 Å². The Labute approximate surface area is 111 Å². The van der Waals surface area contributed by atoms with Crippen molar-refractivity contribution in [3.05, 3.63) is 0 Å². The molecule has 0 aliphatic heterocycles. The third-order valence-corrected chi connectivity index (χ3v) is 2.94. The van der Waals surface area contributed by atoms with Crippen LogP contribution in [0.3, 0.4) is 0 Å². The number of aliphatic carboxylic acids is 1. The van der Waals surface area contributed by atoms with Gasteiger partial charge in [0.1, 0.15) is 6.04 Å². The summed E-state index contributed by atoms with van der Waals surface area (Å²) in [6, 6.07) is -0.953. The van der Waals surface area contributed by atoms with E-state index >= 15 is 0 Å². The van der Waals surface area contributed by atoms with Gasteiger partial charge in [0, 0.05) is 19.2 Å². The molecule has 0 spiro atoms. The van der Waals surface area contributed by atoms with Crippen molar-refractivity contribution in [3.8, 4) is 0 Å². The molecule has 7 heteroatoms. The van der Waals surface area contributed by atoms with Gasteiger partial charge < -0.3 is 15.7 Å². The molecule has 0 aliphatic carbocycles. The van der Waals surface area contributed by atoms with Gasteiger partial charge in [-0.05, 0) is 5.92 Å². The summed E-state index contributed by atoms with van der Waals surface area (Å²) >= 11 is 1.18. The Morgan fingerprint density at radius 1 is 1.28 bits per heavy atom.